The molecule has 7 nitrogen and oxygen atoms in total. The van der Waals surface area contributed by atoms with Crippen molar-refractivity contribution in [3.05, 3.63) is 58.7 Å². The fourth-order valence-electron chi connectivity index (χ4n) is 4.64. The van der Waals surface area contributed by atoms with Crippen molar-refractivity contribution in [3.8, 4) is 0 Å². The van der Waals surface area contributed by atoms with Crippen molar-refractivity contribution in [2.75, 3.05) is 26.2 Å². The quantitative estimate of drug-likeness (QED) is 0.745. The molecule has 5 rings (SSSR count). The maximum absolute atomic E-state index is 13.2. The molecule has 1 unspecified atom stereocenters. The third-order valence-corrected chi connectivity index (χ3v) is 5.98. The van der Waals surface area contributed by atoms with Crippen LogP contribution in [-0.2, 0) is 16.0 Å². The number of nitrogens with zero attached hydrogens (tertiary/aromatic N) is 4. The van der Waals surface area contributed by atoms with E-state index in [-0.39, 0.29) is 18.0 Å². The van der Waals surface area contributed by atoms with Crippen LogP contribution in [-0.4, -0.2) is 63.9 Å². The number of carbonyl (C=O) groups is 2. The molecule has 1 aromatic heterocycles. The van der Waals surface area contributed by atoms with Gasteiger partial charge in [-0.3, -0.25) is 19.4 Å². The van der Waals surface area contributed by atoms with Crippen LogP contribution in [0.15, 0.2) is 52.9 Å². The molecule has 0 radical (unpaired) electrons. The number of aryl methyl sites for hydroxylation is 1. The van der Waals surface area contributed by atoms with Crippen molar-refractivity contribution in [1.29, 1.82) is 0 Å². The SMILES string of the molecule is O=C1C2=C3C=CC(=C2C(=O)N1C(CCCc1ncccn1)N1CCNCC1)C3. The predicted octanol–water partition coefficient (Wildman–Crippen LogP) is 0.966. The number of carbonyl (C=O) groups excluding carboxylic acids is 2. The number of imide groups is 1. The Morgan fingerprint density at radius 1 is 1.00 bits per heavy atom. The first kappa shape index (κ1) is 17.5. The van der Waals surface area contributed by atoms with E-state index in [1.807, 2.05) is 12.2 Å². The molecule has 28 heavy (non-hydrogen) atoms. The minimum Gasteiger partial charge on any atom is -0.314 e. The van der Waals surface area contributed by atoms with Crippen molar-refractivity contribution in [1.82, 2.24) is 25.1 Å². The van der Waals surface area contributed by atoms with Gasteiger partial charge in [-0.1, -0.05) is 12.2 Å². The molecule has 2 fully saturated rings. The van der Waals surface area contributed by atoms with Crippen LogP contribution in [0.2, 0.25) is 0 Å². The zero-order chi connectivity index (χ0) is 19.1. The molecule has 0 aromatic carbocycles. The number of fused-ring (bicyclic) bond motifs is 3. The van der Waals surface area contributed by atoms with E-state index in [2.05, 4.69) is 20.2 Å². The first-order valence-electron chi connectivity index (χ1n) is 9.97. The van der Waals surface area contributed by atoms with Gasteiger partial charge >= 0.3 is 0 Å². The van der Waals surface area contributed by atoms with E-state index in [1.54, 1.807) is 18.5 Å². The Labute approximate surface area is 163 Å². The Balaban J connectivity index is 1.38. The van der Waals surface area contributed by atoms with Gasteiger partial charge in [0.05, 0.1) is 17.3 Å². The van der Waals surface area contributed by atoms with Gasteiger partial charge in [-0.2, -0.15) is 0 Å². The van der Waals surface area contributed by atoms with Crippen LogP contribution in [0.4, 0.5) is 0 Å². The number of aromatic nitrogens is 2. The first-order valence-corrected chi connectivity index (χ1v) is 9.97. The maximum atomic E-state index is 13.2. The summed E-state index contributed by atoms with van der Waals surface area (Å²) in [5.74, 6) is 0.567. The summed E-state index contributed by atoms with van der Waals surface area (Å²) in [7, 11) is 0. The lowest BCUT2D eigenvalue weighted by molar-refractivity contribution is -0.144. The Morgan fingerprint density at radius 2 is 1.64 bits per heavy atom. The summed E-state index contributed by atoms with van der Waals surface area (Å²) in [5.41, 5.74) is 3.30. The minimum absolute atomic E-state index is 0.117. The zero-order valence-corrected chi connectivity index (χ0v) is 15.7. The molecule has 0 spiro atoms. The van der Waals surface area contributed by atoms with Crippen LogP contribution < -0.4 is 5.32 Å². The zero-order valence-electron chi connectivity index (χ0n) is 15.7. The maximum Gasteiger partial charge on any atom is 0.263 e. The van der Waals surface area contributed by atoms with Gasteiger partial charge in [0.1, 0.15) is 5.82 Å². The van der Waals surface area contributed by atoms with Gasteiger partial charge in [0.15, 0.2) is 0 Å². The van der Waals surface area contributed by atoms with E-state index in [1.165, 1.54) is 4.90 Å². The summed E-state index contributed by atoms with van der Waals surface area (Å²) in [6.45, 7) is 3.41. The van der Waals surface area contributed by atoms with E-state index in [9.17, 15) is 9.59 Å². The summed E-state index contributed by atoms with van der Waals surface area (Å²) in [4.78, 5) is 38.8. The Bertz CT molecular complexity index is 872. The first-order chi connectivity index (χ1) is 13.7. The van der Waals surface area contributed by atoms with Crippen LogP contribution in [0.1, 0.15) is 25.1 Å². The van der Waals surface area contributed by atoms with Crippen molar-refractivity contribution < 1.29 is 9.59 Å². The number of nitrogens with one attached hydrogen (secondary N) is 1. The summed E-state index contributed by atoms with van der Waals surface area (Å²) in [6.07, 6.45) is 10.3. The standard InChI is InChI=1S/C21H23N5O2/c27-20-18-14-5-6-15(13-14)19(18)21(28)26(20)17(25-11-9-22-10-12-25)4-1-3-16-23-7-2-8-24-16/h2,5-8,17,22H,1,3-4,9-13H2. The van der Waals surface area contributed by atoms with Crippen molar-refractivity contribution in [2.45, 2.75) is 31.8 Å². The van der Waals surface area contributed by atoms with Gasteiger partial charge in [0, 0.05) is 45.0 Å². The molecule has 1 aromatic rings. The molecular weight excluding hydrogens is 354 g/mol. The number of likely N-dealkylation sites (tertiary alicyclic amines) is 1. The molecule has 2 bridgehead atoms. The second kappa shape index (κ2) is 7.07. The molecule has 2 aliphatic carbocycles. The average Bonchev–Trinajstić information content (AvgIpc) is 3.41. The molecule has 2 aliphatic heterocycles. The second-order valence-electron chi connectivity index (χ2n) is 7.61. The lowest BCUT2D eigenvalue weighted by Gasteiger charge is -2.39. The van der Waals surface area contributed by atoms with Gasteiger partial charge in [0.2, 0.25) is 0 Å². The van der Waals surface area contributed by atoms with E-state index < -0.39 is 0 Å². The van der Waals surface area contributed by atoms with Crippen LogP contribution in [0.5, 0.6) is 0 Å². The highest BCUT2D eigenvalue weighted by Gasteiger charge is 2.49. The fourth-order valence-corrected chi connectivity index (χ4v) is 4.64. The molecule has 7 heteroatoms. The van der Waals surface area contributed by atoms with Crippen LogP contribution in [0.3, 0.4) is 0 Å². The van der Waals surface area contributed by atoms with Gasteiger partial charge < -0.3 is 5.32 Å². The molecule has 1 atom stereocenters. The van der Waals surface area contributed by atoms with E-state index >= 15 is 0 Å². The second-order valence-corrected chi connectivity index (χ2v) is 7.61. The molecule has 2 saturated heterocycles. The van der Waals surface area contributed by atoms with E-state index in [4.69, 9.17) is 0 Å². The number of piperazine rings is 1. The third kappa shape index (κ3) is 2.82. The van der Waals surface area contributed by atoms with Gasteiger partial charge in [-0.05, 0) is 36.5 Å². The van der Waals surface area contributed by atoms with Gasteiger partial charge in [-0.25, -0.2) is 9.97 Å². The van der Waals surface area contributed by atoms with Gasteiger partial charge in [-0.15, -0.1) is 0 Å². The summed E-state index contributed by atoms with van der Waals surface area (Å²) < 4.78 is 0. The van der Waals surface area contributed by atoms with E-state index in [0.29, 0.717) is 11.1 Å². The largest absolute Gasteiger partial charge is 0.314 e. The van der Waals surface area contributed by atoms with Crippen LogP contribution >= 0.6 is 0 Å². The average molecular weight is 377 g/mol. The highest BCUT2D eigenvalue weighted by atomic mass is 16.2. The van der Waals surface area contributed by atoms with Gasteiger partial charge in [0.25, 0.3) is 11.8 Å². The monoisotopic (exact) mass is 377 g/mol. The van der Waals surface area contributed by atoms with E-state index in [0.717, 1.165) is 68.8 Å². The molecular formula is C21H23N5O2. The minimum atomic E-state index is -0.211. The summed E-state index contributed by atoms with van der Waals surface area (Å²) >= 11 is 0. The Kier molecular flexibility index (Phi) is 4.41. The third-order valence-electron chi connectivity index (χ3n) is 5.98. The lowest BCUT2D eigenvalue weighted by Crippen LogP contribution is -2.56. The predicted molar refractivity (Wildman–Crippen MR) is 103 cm³/mol. The van der Waals surface area contributed by atoms with Crippen molar-refractivity contribution >= 4 is 11.8 Å². The molecule has 4 aliphatic rings. The number of amides is 2. The topological polar surface area (TPSA) is 78.4 Å². The lowest BCUT2D eigenvalue weighted by atomic mass is 10.1. The number of rotatable bonds is 6. The number of hydrogen-bond acceptors (Lipinski definition) is 6. The normalized spacial score (nSPS) is 22.6. The van der Waals surface area contributed by atoms with Crippen molar-refractivity contribution in [2.24, 2.45) is 0 Å². The van der Waals surface area contributed by atoms with Crippen molar-refractivity contribution in [3.63, 3.8) is 0 Å². The highest BCUT2D eigenvalue weighted by molar-refractivity contribution is 6.27. The molecule has 1 N–H and O–H groups in total. The molecule has 3 heterocycles. The Hall–Kier alpha value is -2.64. The summed E-state index contributed by atoms with van der Waals surface area (Å²) in [6, 6.07) is 1.81. The number of hydrogen-bond donors (Lipinski definition) is 1. The van der Waals surface area contributed by atoms with Crippen LogP contribution in [0, 0.1) is 0 Å². The highest BCUT2D eigenvalue weighted by Crippen LogP contribution is 2.45. The van der Waals surface area contributed by atoms with Crippen LogP contribution in [0.25, 0.3) is 0 Å². The smallest absolute Gasteiger partial charge is 0.263 e. The molecule has 0 saturated carbocycles. The number of allylic oxidation sites excluding steroid dienone is 4. The molecule has 144 valence electrons. The molecule has 2 amide bonds. The summed E-state index contributed by atoms with van der Waals surface area (Å²) in [5, 5.41) is 3.35. The Morgan fingerprint density at radius 3 is 2.29 bits per heavy atom. The fraction of sp³-hybridized carbons (Fsp3) is 0.429.